The fraction of sp³-hybridized carbons (Fsp3) is 0.700. The van der Waals surface area contributed by atoms with Gasteiger partial charge in [0.25, 0.3) is 10.0 Å². The molecule has 10 heteroatoms. The van der Waals surface area contributed by atoms with Crippen LogP contribution in [0.15, 0.2) is 11.2 Å². The fourth-order valence-corrected chi connectivity index (χ4v) is 7.19. The van der Waals surface area contributed by atoms with Gasteiger partial charge in [-0.1, -0.05) is 6.92 Å². The Bertz CT molecular complexity index is 680. The lowest BCUT2D eigenvalue weighted by atomic mass is 10.6. The number of hydrogen-bond acceptors (Lipinski definition) is 6. The Morgan fingerprint density at radius 2 is 2.15 bits per heavy atom. The van der Waals surface area contributed by atoms with Gasteiger partial charge in [-0.15, -0.1) is 0 Å². The lowest BCUT2D eigenvalue weighted by molar-refractivity contribution is 0.402. The van der Waals surface area contributed by atoms with E-state index in [-0.39, 0.29) is 23.1 Å². The smallest absolute Gasteiger partial charge is 0.261 e. The van der Waals surface area contributed by atoms with E-state index in [9.17, 15) is 16.8 Å². The summed E-state index contributed by atoms with van der Waals surface area (Å²) >= 11 is 1.45. The SMILES string of the molecule is CCS(=O)(=O)C1CSCCN1S(=O)(=O)c1cnc(C)[nH]1. The predicted octanol–water partition coefficient (Wildman–Crippen LogP) is 0.216. The van der Waals surface area contributed by atoms with Crippen molar-refractivity contribution in [3.63, 3.8) is 0 Å². The van der Waals surface area contributed by atoms with Crippen molar-refractivity contribution >= 4 is 31.6 Å². The van der Waals surface area contributed by atoms with Gasteiger partial charge < -0.3 is 4.98 Å². The van der Waals surface area contributed by atoms with Crippen LogP contribution in [0.3, 0.4) is 0 Å². The number of aryl methyl sites for hydroxylation is 1. The molecular weight excluding hydrogens is 322 g/mol. The second-order valence-corrected chi connectivity index (χ2v) is 9.89. The lowest BCUT2D eigenvalue weighted by Gasteiger charge is -2.33. The summed E-state index contributed by atoms with van der Waals surface area (Å²) in [5, 5.41) is -1.06. The van der Waals surface area contributed by atoms with Crippen LogP contribution in [-0.4, -0.2) is 60.3 Å². The zero-order valence-corrected chi connectivity index (χ0v) is 13.7. The molecule has 1 aliphatic rings. The summed E-state index contributed by atoms with van der Waals surface area (Å²) in [4.78, 5) is 6.53. The van der Waals surface area contributed by atoms with Gasteiger partial charge in [0.05, 0.1) is 6.20 Å². The topological polar surface area (TPSA) is 100 Å². The lowest BCUT2D eigenvalue weighted by Crippen LogP contribution is -2.50. The van der Waals surface area contributed by atoms with E-state index in [0.29, 0.717) is 11.6 Å². The average molecular weight is 339 g/mol. The third-order valence-electron chi connectivity index (χ3n) is 3.12. The predicted molar refractivity (Wildman–Crippen MR) is 77.8 cm³/mol. The summed E-state index contributed by atoms with van der Waals surface area (Å²) < 4.78 is 50.4. The molecule has 2 rings (SSSR count). The first-order valence-corrected chi connectivity index (χ1v) is 10.4. The average Bonchev–Trinajstić information content (AvgIpc) is 2.86. The largest absolute Gasteiger partial charge is 0.332 e. The first-order chi connectivity index (χ1) is 9.29. The molecule has 1 aliphatic heterocycles. The molecular formula is C10H17N3O4S3. The van der Waals surface area contributed by atoms with Crippen LogP contribution in [0.5, 0.6) is 0 Å². The van der Waals surface area contributed by atoms with Gasteiger partial charge in [-0.3, -0.25) is 0 Å². The molecule has 1 saturated heterocycles. The van der Waals surface area contributed by atoms with Crippen LogP contribution >= 0.6 is 11.8 Å². The van der Waals surface area contributed by atoms with Crippen LogP contribution in [0, 0.1) is 6.92 Å². The molecule has 2 heterocycles. The van der Waals surface area contributed by atoms with Gasteiger partial charge in [-0.2, -0.15) is 16.1 Å². The third kappa shape index (κ3) is 2.87. The molecule has 0 aliphatic carbocycles. The highest BCUT2D eigenvalue weighted by Crippen LogP contribution is 2.27. The molecule has 114 valence electrons. The molecule has 1 atom stereocenters. The highest BCUT2D eigenvalue weighted by Gasteiger charge is 2.41. The van der Waals surface area contributed by atoms with Crippen LogP contribution in [0.25, 0.3) is 0 Å². The van der Waals surface area contributed by atoms with Crippen molar-refractivity contribution in [2.45, 2.75) is 24.2 Å². The molecule has 7 nitrogen and oxygen atoms in total. The molecule has 1 aromatic rings. The van der Waals surface area contributed by atoms with Gasteiger partial charge >= 0.3 is 0 Å². The summed E-state index contributed by atoms with van der Waals surface area (Å²) in [5.74, 6) is 1.25. The quantitative estimate of drug-likeness (QED) is 0.842. The van der Waals surface area contributed by atoms with E-state index in [0.717, 1.165) is 4.31 Å². The number of aromatic nitrogens is 2. The maximum absolute atomic E-state index is 12.6. The molecule has 1 aromatic heterocycles. The Hall–Kier alpha value is -0.580. The normalized spacial score (nSPS) is 22.0. The van der Waals surface area contributed by atoms with E-state index in [1.807, 2.05) is 0 Å². The number of imidazole rings is 1. The van der Waals surface area contributed by atoms with Crippen molar-refractivity contribution in [1.82, 2.24) is 14.3 Å². The number of rotatable bonds is 4. The Labute approximate surface area is 123 Å². The molecule has 1 unspecified atom stereocenters. The number of H-pyrrole nitrogens is 1. The Kier molecular flexibility index (Phi) is 4.47. The maximum Gasteiger partial charge on any atom is 0.261 e. The van der Waals surface area contributed by atoms with E-state index >= 15 is 0 Å². The van der Waals surface area contributed by atoms with Gasteiger partial charge in [0.15, 0.2) is 14.9 Å². The van der Waals surface area contributed by atoms with Crippen LogP contribution < -0.4 is 0 Å². The Balaban J connectivity index is 2.42. The molecule has 0 saturated carbocycles. The van der Waals surface area contributed by atoms with Crippen LogP contribution in [0.2, 0.25) is 0 Å². The van der Waals surface area contributed by atoms with Gasteiger partial charge in [-0.25, -0.2) is 21.8 Å². The number of thioether (sulfide) groups is 1. The number of nitrogens with zero attached hydrogens (tertiary/aromatic N) is 2. The zero-order chi connectivity index (χ0) is 15.0. The van der Waals surface area contributed by atoms with Crippen molar-refractivity contribution in [1.29, 1.82) is 0 Å². The number of sulfone groups is 1. The van der Waals surface area contributed by atoms with E-state index in [1.54, 1.807) is 6.92 Å². The highest BCUT2D eigenvalue weighted by molar-refractivity contribution is 8.01. The van der Waals surface area contributed by atoms with E-state index in [1.165, 1.54) is 24.9 Å². The monoisotopic (exact) mass is 339 g/mol. The van der Waals surface area contributed by atoms with Gasteiger partial charge in [0, 0.05) is 23.8 Å². The van der Waals surface area contributed by atoms with Crippen LogP contribution in [0.1, 0.15) is 12.7 Å². The molecule has 0 amide bonds. The fourth-order valence-electron chi connectivity index (χ4n) is 1.97. The van der Waals surface area contributed by atoms with Gasteiger partial charge in [-0.05, 0) is 6.92 Å². The first-order valence-electron chi connectivity index (χ1n) is 6.12. The first kappa shape index (κ1) is 15.8. The van der Waals surface area contributed by atoms with E-state index in [2.05, 4.69) is 9.97 Å². The van der Waals surface area contributed by atoms with Crippen molar-refractivity contribution < 1.29 is 16.8 Å². The van der Waals surface area contributed by atoms with Gasteiger partial charge in [0.1, 0.15) is 11.2 Å². The standard InChI is InChI=1S/C10H17N3O4S3/c1-3-19(14,15)10-7-18-5-4-13(10)20(16,17)9-6-11-8(2)12-9/h6,10H,3-5,7H2,1-2H3,(H,11,12). The summed E-state index contributed by atoms with van der Waals surface area (Å²) in [6.45, 7) is 3.36. The molecule has 20 heavy (non-hydrogen) atoms. The van der Waals surface area contributed by atoms with Crippen molar-refractivity contribution in [3.05, 3.63) is 12.0 Å². The third-order valence-corrected chi connectivity index (χ3v) is 8.36. The maximum atomic E-state index is 12.6. The zero-order valence-electron chi connectivity index (χ0n) is 11.2. The molecule has 0 aromatic carbocycles. The molecule has 0 spiro atoms. The minimum absolute atomic E-state index is 0.0572. The van der Waals surface area contributed by atoms with Gasteiger partial charge in [0.2, 0.25) is 0 Å². The Morgan fingerprint density at radius 1 is 1.45 bits per heavy atom. The van der Waals surface area contributed by atoms with Crippen molar-refractivity contribution in [2.24, 2.45) is 0 Å². The second kappa shape index (κ2) is 5.66. The van der Waals surface area contributed by atoms with Crippen molar-refractivity contribution in [2.75, 3.05) is 23.8 Å². The van der Waals surface area contributed by atoms with Crippen LogP contribution in [0.4, 0.5) is 0 Å². The number of aromatic amines is 1. The van der Waals surface area contributed by atoms with Crippen molar-refractivity contribution in [3.8, 4) is 0 Å². The number of nitrogens with one attached hydrogen (secondary N) is 1. The summed E-state index contributed by atoms with van der Waals surface area (Å²) in [7, 11) is -7.32. The summed E-state index contributed by atoms with van der Waals surface area (Å²) in [5.41, 5.74) is 0. The minimum Gasteiger partial charge on any atom is -0.332 e. The van der Waals surface area contributed by atoms with E-state index < -0.39 is 25.2 Å². The highest BCUT2D eigenvalue weighted by atomic mass is 32.2. The molecule has 0 radical (unpaired) electrons. The summed E-state index contributed by atoms with van der Waals surface area (Å²) in [6, 6.07) is 0. The number of sulfonamides is 1. The number of hydrogen-bond donors (Lipinski definition) is 1. The molecule has 0 bridgehead atoms. The minimum atomic E-state index is -3.86. The molecule has 1 fully saturated rings. The van der Waals surface area contributed by atoms with Crippen LogP contribution in [-0.2, 0) is 19.9 Å². The Morgan fingerprint density at radius 3 is 2.70 bits per heavy atom. The van der Waals surface area contributed by atoms with E-state index in [4.69, 9.17) is 0 Å². The second-order valence-electron chi connectivity index (χ2n) is 4.43. The summed E-state index contributed by atoms with van der Waals surface area (Å²) in [6.07, 6.45) is 1.22. The molecule has 1 N–H and O–H groups in total.